The van der Waals surface area contributed by atoms with Crippen molar-refractivity contribution in [3.63, 3.8) is 0 Å². The summed E-state index contributed by atoms with van der Waals surface area (Å²) in [6, 6.07) is 7.83. The van der Waals surface area contributed by atoms with Gasteiger partial charge in [-0.2, -0.15) is 0 Å². The second-order valence-corrected chi connectivity index (χ2v) is 4.01. The van der Waals surface area contributed by atoms with Crippen LogP contribution in [0.5, 0.6) is 0 Å². The summed E-state index contributed by atoms with van der Waals surface area (Å²) in [5, 5.41) is 2.89. The average Bonchev–Trinajstić information content (AvgIpc) is 2.46. The third kappa shape index (κ3) is 2.54. The Morgan fingerprint density at radius 2 is 2.05 bits per heavy atom. The number of ether oxygens (including phenoxy) is 1. The molecular weight excluding hydrogens is 242 g/mol. The normalized spacial score (nSPS) is 10.1. The number of aromatic nitrogens is 2. The van der Waals surface area contributed by atoms with Gasteiger partial charge in [-0.3, -0.25) is 0 Å². The van der Waals surface area contributed by atoms with Crippen LogP contribution in [0.15, 0.2) is 30.5 Å². The number of rotatable bonds is 3. The fraction of sp³-hybridized carbons (Fsp3) is 0.214. The monoisotopic (exact) mass is 257 g/mol. The fourth-order valence-corrected chi connectivity index (χ4v) is 1.79. The van der Waals surface area contributed by atoms with Crippen molar-refractivity contribution >= 4 is 11.8 Å². The number of esters is 1. The summed E-state index contributed by atoms with van der Waals surface area (Å²) in [7, 11) is 3.04. The molecule has 5 heteroatoms. The van der Waals surface area contributed by atoms with Crippen LogP contribution < -0.4 is 5.32 Å². The van der Waals surface area contributed by atoms with Gasteiger partial charge in [-0.05, 0) is 12.5 Å². The first-order valence-electron chi connectivity index (χ1n) is 5.86. The summed E-state index contributed by atoms with van der Waals surface area (Å²) >= 11 is 0. The zero-order valence-electron chi connectivity index (χ0n) is 11.1. The number of anilines is 1. The molecule has 1 aromatic heterocycles. The lowest BCUT2D eigenvalue weighted by Gasteiger charge is -2.09. The minimum Gasteiger partial charge on any atom is -0.465 e. The quantitative estimate of drug-likeness (QED) is 0.855. The highest BCUT2D eigenvalue weighted by atomic mass is 16.5. The second-order valence-electron chi connectivity index (χ2n) is 4.01. The van der Waals surface area contributed by atoms with Crippen molar-refractivity contribution in [3.05, 3.63) is 41.6 Å². The minimum atomic E-state index is -0.458. The molecule has 1 heterocycles. The van der Waals surface area contributed by atoms with Gasteiger partial charge in [-0.15, -0.1) is 0 Å². The Balaban J connectivity index is 2.51. The molecule has 5 nitrogen and oxygen atoms in total. The zero-order valence-corrected chi connectivity index (χ0v) is 11.1. The maximum absolute atomic E-state index is 11.6. The van der Waals surface area contributed by atoms with Crippen molar-refractivity contribution in [3.8, 4) is 11.4 Å². The molecule has 98 valence electrons. The first kappa shape index (κ1) is 13.0. The van der Waals surface area contributed by atoms with Crippen molar-refractivity contribution in [2.45, 2.75) is 6.92 Å². The van der Waals surface area contributed by atoms with Crippen molar-refractivity contribution < 1.29 is 9.53 Å². The molecule has 0 aliphatic carbocycles. The molecule has 0 aliphatic rings. The van der Waals surface area contributed by atoms with Gasteiger partial charge in [0.1, 0.15) is 11.4 Å². The number of nitrogens with one attached hydrogen (secondary N) is 1. The number of hydrogen-bond donors (Lipinski definition) is 1. The van der Waals surface area contributed by atoms with E-state index in [4.69, 9.17) is 0 Å². The van der Waals surface area contributed by atoms with E-state index < -0.39 is 5.97 Å². The Kier molecular flexibility index (Phi) is 3.75. The Morgan fingerprint density at radius 1 is 1.32 bits per heavy atom. The number of nitrogens with zero attached hydrogens (tertiary/aromatic N) is 2. The Hall–Kier alpha value is -2.43. The highest BCUT2D eigenvalue weighted by molar-refractivity contribution is 5.94. The molecule has 0 bridgehead atoms. The van der Waals surface area contributed by atoms with E-state index in [2.05, 4.69) is 20.0 Å². The lowest BCUT2D eigenvalue weighted by atomic mass is 10.1. The van der Waals surface area contributed by atoms with E-state index in [0.717, 1.165) is 11.1 Å². The molecule has 2 rings (SSSR count). The van der Waals surface area contributed by atoms with Gasteiger partial charge in [0.05, 0.1) is 7.11 Å². The Bertz CT molecular complexity index is 611. The zero-order chi connectivity index (χ0) is 13.8. The lowest BCUT2D eigenvalue weighted by Crippen LogP contribution is -2.09. The summed E-state index contributed by atoms with van der Waals surface area (Å²) in [4.78, 5) is 20.2. The lowest BCUT2D eigenvalue weighted by molar-refractivity contribution is 0.0601. The topological polar surface area (TPSA) is 64.1 Å². The molecule has 0 amide bonds. The maximum atomic E-state index is 11.6. The van der Waals surface area contributed by atoms with Crippen molar-refractivity contribution in [1.82, 2.24) is 9.97 Å². The van der Waals surface area contributed by atoms with Crippen LogP contribution in [0.2, 0.25) is 0 Å². The number of hydrogen-bond acceptors (Lipinski definition) is 5. The highest BCUT2D eigenvalue weighted by Gasteiger charge is 2.15. The van der Waals surface area contributed by atoms with E-state index in [9.17, 15) is 4.79 Å². The number of benzene rings is 1. The van der Waals surface area contributed by atoms with Crippen LogP contribution in [0.3, 0.4) is 0 Å². The first-order valence-corrected chi connectivity index (χ1v) is 5.86. The van der Waals surface area contributed by atoms with Gasteiger partial charge in [0.15, 0.2) is 5.82 Å². The maximum Gasteiger partial charge on any atom is 0.343 e. The molecular formula is C14H15N3O2. The van der Waals surface area contributed by atoms with Gasteiger partial charge in [0.2, 0.25) is 0 Å². The largest absolute Gasteiger partial charge is 0.465 e. The molecule has 0 saturated heterocycles. The van der Waals surface area contributed by atoms with Gasteiger partial charge in [-0.1, -0.05) is 24.3 Å². The number of carbonyl (C=O) groups excluding carboxylic acids is 1. The van der Waals surface area contributed by atoms with Crippen molar-refractivity contribution in [2.24, 2.45) is 0 Å². The van der Waals surface area contributed by atoms with E-state index >= 15 is 0 Å². The molecule has 0 aliphatic heterocycles. The Morgan fingerprint density at radius 3 is 2.68 bits per heavy atom. The summed E-state index contributed by atoms with van der Waals surface area (Å²) in [6.07, 6.45) is 1.48. The molecule has 0 fully saturated rings. The smallest absolute Gasteiger partial charge is 0.343 e. The van der Waals surface area contributed by atoms with Crippen LogP contribution in [0.4, 0.5) is 5.82 Å². The average molecular weight is 257 g/mol. The van der Waals surface area contributed by atoms with E-state index in [1.807, 2.05) is 31.2 Å². The van der Waals surface area contributed by atoms with Gasteiger partial charge < -0.3 is 10.1 Å². The molecule has 2 aromatic rings. The van der Waals surface area contributed by atoms with Gasteiger partial charge >= 0.3 is 5.97 Å². The van der Waals surface area contributed by atoms with Gasteiger partial charge in [-0.25, -0.2) is 14.8 Å². The van der Waals surface area contributed by atoms with E-state index in [-0.39, 0.29) is 0 Å². The third-order valence-electron chi connectivity index (χ3n) is 2.82. The molecule has 1 aromatic carbocycles. The minimum absolute atomic E-state index is 0.322. The second kappa shape index (κ2) is 5.48. The van der Waals surface area contributed by atoms with Crippen LogP contribution >= 0.6 is 0 Å². The number of aryl methyl sites for hydroxylation is 1. The first-order chi connectivity index (χ1) is 9.17. The summed E-state index contributed by atoms with van der Waals surface area (Å²) in [6.45, 7) is 1.99. The van der Waals surface area contributed by atoms with Crippen LogP contribution in [0.25, 0.3) is 11.4 Å². The third-order valence-corrected chi connectivity index (χ3v) is 2.82. The van der Waals surface area contributed by atoms with Gasteiger partial charge in [0.25, 0.3) is 0 Å². The summed E-state index contributed by atoms with van der Waals surface area (Å²) < 4.78 is 4.69. The summed E-state index contributed by atoms with van der Waals surface area (Å²) in [5.41, 5.74) is 2.34. The van der Waals surface area contributed by atoms with Crippen LogP contribution in [0, 0.1) is 6.92 Å². The Labute approximate surface area is 111 Å². The van der Waals surface area contributed by atoms with Crippen LogP contribution in [0.1, 0.15) is 15.9 Å². The van der Waals surface area contributed by atoms with Crippen LogP contribution in [-0.4, -0.2) is 30.1 Å². The number of carbonyl (C=O) groups is 1. The molecule has 1 N–H and O–H groups in total. The van der Waals surface area contributed by atoms with E-state index in [1.54, 1.807) is 7.05 Å². The molecule has 0 unspecified atom stereocenters. The summed E-state index contributed by atoms with van der Waals surface area (Å²) in [5.74, 6) is 0.580. The van der Waals surface area contributed by atoms with Crippen LogP contribution in [-0.2, 0) is 4.74 Å². The standard InChI is InChI=1S/C14H15N3O2/c1-9-6-4-5-7-10(9)13-16-8-11(14(18)19-3)12(15-2)17-13/h4-8H,1-3H3,(H,15,16,17). The molecule has 0 radical (unpaired) electrons. The molecule has 19 heavy (non-hydrogen) atoms. The number of methoxy groups -OCH3 is 1. The molecule has 0 saturated carbocycles. The predicted octanol–water partition coefficient (Wildman–Crippen LogP) is 2.28. The predicted molar refractivity (Wildman–Crippen MR) is 73.1 cm³/mol. The van der Waals surface area contributed by atoms with Crippen molar-refractivity contribution in [2.75, 3.05) is 19.5 Å². The highest BCUT2D eigenvalue weighted by Crippen LogP contribution is 2.22. The van der Waals surface area contributed by atoms with Crippen molar-refractivity contribution in [1.29, 1.82) is 0 Å². The van der Waals surface area contributed by atoms with E-state index in [1.165, 1.54) is 13.3 Å². The molecule has 0 atom stereocenters. The molecule has 0 spiro atoms. The fourth-order valence-electron chi connectivity index (χ4n) is 1.79. The SMILES string of the molecule is CNc1nc(-c2ccccc2C)ncc1C(=O)OC. The van der Waals surface area contributed by atoms with E-state index in [0.29, 0.717) is 17.2 Å². The van der Waals surface area contributed by atoms with Gasteiger partial charge in [0, 0.05) is 18.8 Å².